The van der Waals surface area contributed by atoms with Gasteiger partial charge in [-0.2, -0.15) is 0 Å². The Balaban J connectivity index is 2.15. The maximum absolute atomic E-state index is 13.8. The second-order valence-electron chi connectivity index (χ2n) is 4.51. The largest absolute Gasteiger partial charge is 0.384 e. The minimum Gasteiger partial charge on any atom is -0.384 e. The molecule has 0 radical (unpaired) electrons. The van der Waals surface area contributed by atoms with Gasteiger partial charge in [-0.3, -0.25) is 4.98 Å². The summed E-state index contributed by atoms with van der Waals surface area (Å²) < 4.78 is 26.7. The van der Waals surface area contributed by atoms with Crippen molar-refractivity contribution in [1.29, 1.82) is 0 Å². The van der Waals surface area contributed by atoms with Gasteiger partial charge in [0.25, 0.3) is 0 Å². The molecule has 0 amide bonds. The number of aromatic nitrogens is 1. The van der Waals surface area contributed by atoms with Crippen LogP contribution in [0, 0.1) is 11.6 Å². The van der Waals surface area contributed by atoms with Crippen LogP contribution in [0.5, 0.6) is 0 Å². The summed E-state index contributed by atoms with van der Waals surface area (Å²) >= 11 is 0. The zero-order chi connectivity index (χ0) is 14.1. The molecule has 2 nitrogen and oxygen atoms in total. The Morgan fingerprint density at radius 3 is 2.65 bits per heavy atom. The number of nitrogens with zero attached hydrogens (tertiary/aromatic N) is 1. The number of pyridine rings is 1. The van der Waals surface area contributed by atoms with Crippen LogP contribution in [-0.4, -0.2) is 10.1 Å². The summed E-state index contributed by atoms with van der Waals surface area (Å²) in [6, 6.07) is 10.3. The fourth-order valence-electron chi connectivity index (χ4n) is 2.28. The summed E-state index contributed by atoms with van der Waals surface area (Å²) in [5.74, 6) is -1.43. The number of aliphatic hydroxyl groups is 1. The first-order chi connectivity index (χ1) is 9.66. The van der Waals surface area contributed by atoms with Crippen molar-refractivity contribution in [2.75, 3.05) is 0 Å². The minimum absolute atomic E-state index is 0.0516. The number of rotatable bonds is 2. The zero-order valence-corrected chi connectivity index (χ0v) is 10.4. The van der Waals surface area contributed by atoms with E-state index in [2.05, 4.69) is 4.98 Å². The molecule has 1 N–H and O–H groups in total. The molecular weight excluding hydrogens is 260 g/mol. The maximum atomic E-state index is 13.8. The normalized spacial score (nSPS) is 12.6. The molecule has 1 heterocycles. The summed E-state index contributed by atoms with van der Waals surface area (Å²) in [5, 5.41) is 12.0. The summed E-state index contributed by atoms with van der Waals surface area (Å²) in [4.78, 5) is 4.01. The van der Waals surface area contributed by atoms with E-state index in [-0.39, 0.29) is 5.56 Å². The lowest BCUT2D eigenvalue weighted by atomic mass is 9.96. The highest BCUT2D eigenvalue weighted by Gasteiger charge is 2.17. The number of fused-ring (bicyclic) bond motifs is 1. The van der Waals surface area contributed by atoms with Gasteiger partial charge in [0.05, 0.1) is 0 Å². The molecule has 20 heavy (non-hydrogen) atoms. The molecule has 0 bridgehead atoms. The van der Waals surface area contributed by atoms with Crippen molar-refractivity contribution >= 4 is 10.8 Å². The molecule has 2 aromatic carbocycles. The summed E-state index contributed by atoms with van der Waals surface area (Å²) in [6.45, 7) is 0. The van der Waals surface area contributed by atoms with Crippen molar-refractivity contribution in [2.24, 2.45) is 0 Å². The number of aliphatic hydroxyl groups excluding tert-OH is 1. The summed E-state index contributed by atoms with van der Waals surface area (Å²) in [6.07, 6.45) is 2.13. The quantitative estimate of drug-likeness (QED) is 0.772. The third kappa shape index (κ3) is 2.14. The molecule has 100 valence electrons. The van der Waals surface area contributed by atoms with Crippen LogP contribution in [-0.2, 0) is 0 Å². The maximum Gasteiger partial charge on any atom is 0.132 e. The van der Waals surface area contributed by atoms with E-state index in [1.54, 1.807) is 30.6 Å². The van der Waals surface area contributed by atoms with E-state index >= 15 is 0 Å². The van der Waals surface area contributed by atoms with Gasteiger partial charge in [-0.25, -0.2) is 8.78 Å². The molecule has 4 heteroatoms. The molecule has 1 atom stereocenters. The van der Waals surface area contributed by atoms with E-state index in [9.17, 15) is 13.9 Å². The second-order valence-corrected chi connectivity index (χ2v) is 4.51. The van der Waals surface area contributed by atoms with Gasteiger partial charge in [0.2, 0.25) is 0 Å². The van der Waals surface area contributed by atoms with Gasteiger partial charge in [0.15, 0.2) is 0 Å². The van der Waals surface area contributed by atoms with Gasteiger partial charge in [-0.1, -0.05) is 24.3 Å². The third-order valence-corrected chi connectivity index (χ3v) is 3.27. The molecule has 3 rings (SSSR count). The zero-order valence-electron chi connectivity index (χ0n) is 10.4. The van der Waals surface area contributed by atoms with Crippen LogP contribution in [0.4, 0.5) is 8.78 Å². The van der Waals surface area contributed by atoms with Gasteiger partial charge < -0.3 is 5.11 Å². The minimum atomic E-state index is -1.15. The highest BCUT2D eigenvalue weighted by Crippen LogP contribution is 2.30. The van der Waals surface area contributed by atoms with Crippen LogP contribution in [0.3, 0.4) is 0 Å². The predicted molar refractivity (Wildman–Crippen MR) is 72.2 cm³/mol. The van der Waals surface area contributed by atoms with E-state index in [1.165, 1.54) is 6.07 Å². The lowest BCUT2D eigenvalue weighted by molar-refractivity contribution is 0.216. The summed E-state index contributed by atoms with van der Waals surface area (Å²) in [7, 11) is 0. The lowest BCUT2D eigenvalue weighted by Crippen LogP contribution is -2.03. The number of hydrogen-bond donors (Lipinski definition) is 1. The Kier molecular flexibility index (Phi) is 3.16. The first-order valence-corrected chi connectivity index (χ1v) is 6.12. The van der Waals surface area contributed by atoms with Crippen molar-refractivity contribution in [3.05, 3.63) is 77.6 Å². The van der Waals surface area contributed by atoms with Crippen LogP contribution in [0.2, 0.25) is 0 Å². The number of benzene rings is 2. The van der Waals surface area contributed by atoms with E-state index < -0.39 is 17.7 Å². The predicted octanol–water partition coefficient (Wildman–Crippen LogP) is 3.59. The molecule has 1 unspecified atom stereocenters. The van der Waals surface area contributed by atoms with Crippen LogP contribution in [0.25, 0.3) is 10.8 Å². The molecule has 0 fully saturated rings. The molecule has 0 saturated carbocycles. The monoisotopic (exact) mass is 271 g/mol. The van der Waals surface area contributed by atoms with Gasteiger partial charge in [-0.05, 0) is 23.1 Å². The van der Waals surface area contributed by atoms with E-state index in [4.69, 9.17) is 0 Å². The molecule has 0 aliphatic rings. The van der Waals surface area contributed by atoms with Gasteiger partial charge >= 0.3 is 0 Å². The van der Waals surface area contributed by atoms with Gasteiger partial charge in [-0.15, -0.1) is 0 Å². The van der Waals surface area contributed by atoms with Crippen molar-refractivity contribution in [3.63, 3.8) is 0 Å². The molecule has 1 aromatic heterocycles. The Morgan fingerprint density at radius 2 is 1.85 bits per heavy atom. The van der Waals surface area contributed by atoms with Crippen molar-refractivity contribution in [1.82, 2.24) is 4.98 Å². The van der Waals surface area contributed by atoms with E-state index in [0.717, 1.165) is 22.9 Å². The van der Waals surface area contributed by atoms with E-state index in [1.807, 2.05) is 6.07 Å². The van der Waals surface area contributed by atoms with Gasteiger partial charge in [0, 0.05) is 29.4 Å². The number of hydrogen-bond acceptors (Lipinski definition) is 2. The fourth-order valence-corrected chi connectivity index (χ4v) is 2.28. The van der Waals surface area contributed by atoms with E-state index in [0.29, 0.717) is 5.56 Å². The molecule has 0 saturated heterocycles. The lowest BCUT2D eigenvalue weighted by Gasteiger charge is -2.14. The van der Waals surface area contributed by atoms with Gasteiger partial charge in [0.1, 0.15) is 17.7 Å². The SMILES string of the molecule is OC(c1ccc(F)cc1F)c1cccc2cnccc12. The Labute approximate surface area is 114 Å². The average molecular weight is 271 g/mol. The first-order valence-electron chi connectivity index (χ1n) is 6.12. The van der Waals surface area contributed by atoms with Crippen molar-refractivity contribution in [3.8, 4) is 0 Å². The van der Waals surface area contributed by atoms with Crippen LogP contribution in [0.15, 0.2) is 54.9 Å². The fraction of sp³-hybridized carbons (Fsp3) is 0.0625. The topological polar surface area (TPSA) is 33.1 Å². The molecule has 0 aliphatic heterocycles. The third-order valence-electron chi connectivity index (χ3n) is 3.27. The second kappa shape index (κ2) is 4.98. The summed E-state index contributed by atoms with van der Waals surface area (Å²) in [5.41, 5.74) is 0.617. The first kappa shape index (κ1) is 12.7. The molecule has 0 aliphatic carbocycles. The smallest absolute Gasteiger partial charge is 0.132 e. The highest BCUT2D eigenvalue weighted by molar-refractivity contribution is 5.85. The van der Waals surface area contributed by atoms with Crippen LogP contribution >= 0.6 is 0 Å². The molecule has 3 aromatic rings. The van der Waals surface area contributed by atoms with Crippen LogP contribution in [0.1, 0.15) is 17.2 Å². The molecule has 0 spiro atoms. The van der Waals surface area contributed by atoms with Crippen molar-refractivity contribution < 1.29 is 13.9 Å². The molecular formula is C16H11F2NO. The number of halogens is 2. The average Bonchev–Trinajstić information content (AvgIpc) is 2.46. The Morgan fingerprint density at radius 1 is 1.00 bits per heavy atom. The standard InChI is InChI=1S/C16H11F2NO/c17-11-4-5-14(15(18)8-11)16(20)13-3-1-2-10-9-19-7-6-12(10)13/h1-9,16,20H. The highest BCUT2D eigenvalue weighted by atomic mass is 19.1. The Hall–Kier alpha value is -2.33. The Bertz CT molecular complexity index is 768. The van der Waals surface area contributed by atoms with Crippen LogP contribution < -0.4 is 0 Å². The van der Waals surface area contributed by atoms with Crippen molar-refractivity contribution in [2.45, 2.75) is 6.10 Å².